The van der Waals surface area contributed by atoms with E-state index in [1.807, 2.05) is 31.2 Å². The number of methoxy groups -OCH3 is 1. The molecule has 2 aromatic carbocycles. The maximum absolute atomic E-state index is 13.7. The first-order valence-corrected chi connectivity index (χ1v) is 11.1. The summed E-state index contributed by atoms with van der Waals surface area (Å²) in [5.41, 5.74) is 1.67. The standard InChI is InChI=1S/C25H25ClN4O4/c1-16-4-6-17(7-5-16)12-27-24(33)25(2)14-29-15-28-20(23(32)34-3)21(29)22(31)30(25)13-18-8-10-19(26)11-9-18/h4-11,15H,12-14H2,1-3H3,(H,27,33)/t25-/m0/s1. The molecule has 0 fully saturated rings. The van der Waals surface area contributed by atoms with E-state index in [9.17, 15) is 14.4 Å². The summed E-state index contributed by atoms with van der Waals surface area (Å²) in [5, 5.41) is 3.53. The lowest BCUT2D eigenvalue weighted by atomic mass is 9.93. The van der Waals surface area contributed by atoms with Gasteiger partial charge in [-0.05, 0) is 37.1 Å². The normalized spacial score (nSPS) is 17.3. The van der Waals surface area contributed by atoms with E-state index in [0.717, 1.165) is 16.7 Å². The minimum absolute atomic E-state index is 0.0734. The summed E-state index contributed by atoms with van der Waals surface area (Å²) in [5.74, 6) is -1.50. The molecule has 0 spiro atoms. The summed E-state index contributed by atoms with van der Waals surface area (Å²) >= 11 is 6.02. The predicted octanol–water partition coefficient (Wildman–Crippen LogP) is 3.36. The molecule has 4 rings (SSSR count). The number of ether oxygens (including phenoxy) is 1. The second-order valence-corrected chi connectivity index (χ2v) is 8.96. The van der Waals surface area contributed by atoms with Crippen LogP contribution in [0.25, 0.3) is 0 Å². The number of fused-ring (bicyclic) bond motifs is 1. The van der Waals surface area contributed by atoms with Crippen molar-refractivity contribution in [1.82, 2.24) is 19.8 Å². The topological polar surface area (TPSA) is 93.5 Å². The van der Waals surface area contributed by atoms with Crippen molar-refractivity contribution >= 4 is 29.4 Å². The van der Waals surface area contributed by atoms with Gasteiger partial charge < -0.3 is 19.5 Å². The lowest BCUT2D eigenvalue weighted by Crippen LogP contribution is -2.63. The number of carbonyl (C=O) groups excluding carboxylic acids is 3. The fraction of sp³-hybridized carbons (Fsp3) is 0.280. The largest absolute Gasteiger partial charge is 0.464 e. The average molecular weight is 481 g/mol. The van der Waals surface area contributed by atoms with Gasteiger partial charge in [0.1, 0.15) is 11.2 Å². The van der Waals surface area contributed by atoms with Crippen LogP contribution in [-0.2, 0) is 29.2 Å². The van der Waals surface area contributed by atoms with Crippen molar-refractivity contribution in [3.05, 3.63) is 88.0 Å². The molecule has 0 bridgehead atoms. The molecule has 2 amide bonds. The van der Waals surface area contributed by atoms with Crippen molar-refractivity contribution in [3.63, 3.8) is 0 Å². The van der Waals surface area contributed by atoms with Crippen LogP contribution in [0.5, 0.6) is 0 Å². The van der Waals surface area contributed by atoms with Gasteiger partial charge in [-0.15, -0.1) is 0 Å². The Kier molecular flexibility index (Phi) is 6.43. The highest BCUT2D eigenvalue weighted by Gasteiger charge is 2.48. The zero-order valence-corrected chi connectivity index (χ0v) is 19.9. The van der Waals surface area contributed by atoms with Crippen LogP contribution < -0.4 is 5.32 Å². The average Bonchev–Trinajstić information content (AvgIpc) is 3.25. The summed E-state index contributed by atoms with van der Waals surface area (Å²) in [6.45, 7) is 4.31. The first kappa shape index (κ1) is 23.5. The lowest BCUT2D eigenvalue weighted by Gasteiger charge is -2.43. The van der Waals surface area contributed by atoms with Crippen molar-refractivity contribution < 1.29 is 19.1 Å². The highest BCUT2D eigenvalue weighted by molar-refractivity contribution is 6.30. The third-order valence-corrected chi connectivity index (χ3v) is 6.31. The highest BCUT2D eigenvalue weighted by atomic mass is 35.5. The number of rotatable bonds is 6. The van der Waals surface area contributed by atoms with E-state index in [2.05, 4.69) is 10.3 Å². The number of hydrogen-bond acceptors (Lipinski definition) is 5. The van der Waals surface area contributed by atoms with E-state index in [1.54, 1.807) is 35.8 Å². The first-order chi connectivity index (χ1) is 16.2. The molecular weight excluding hydrogens is 456 g/mol. The molecule has 176 valence electrons. The van der Waals surface area contributed by atoms with E-state index in [-0.39, 0.29) is 30.4 Å². The number of aryl methyl sites for hydroxylation is 1. The second-order valence-electron chi connectivity index (χ2n) is 8.52. The summed E-state index contributed by atoms with van der Waals surface area (Å²) in [7, 11) is 1.23. The number of benzene rings is 2. The third kappa shape index (κ3) is 4.41. The van der Waals surface area contributed by atoms with Gasteiger partial charge in [0.05, 0.1) is 20.0 Å². The van der Waals surface area contributed by atoms with Gasteiger partial charge in [-0.25, -0.2) is 9.78 Å². The van der Waals surface area contributed by atoms with Crippen molar-refractivity contribution in [2.75, 3.05) is 7.11 Å². The molecule has 1 atom stereocenters. The van der Waals surface area contributed by atoms with Crippen LogP contribution >= 0.6 is 11.6 Å². The van der Waals surface area contributed by atoms with Crippen molar-refractivity contribution in [2.24, 2.45) is 0 Å². The summed E-state index contributed by atoms with van der Waals surface area (Å²) in [4.78, 5) is 45.0. The Morgan fingerprint density at radius 1 is 1.12 bits per heavy atom. The zero-order valence-electron chi connectivity index (χ0n) is 19.2. The molecule has 1 aliphatic heterocycles. The lowest BCUT2D eigenvalue weighted by molar-refractivity contribution is -0.133. The molecule has 9 heteroatoms. The van der Waals surface area contributed by atoms with Gasteiger partial charge in [0.15, 0.2) is 5.69 Å². The quantitative estimate of drug-likeness (QED) is 0.546. The number of amides is 2. The molecule has 3 aromatic rings. The summed E-state index contributed by atoms with van der Waals surface area (Å²) in [6.07, 6.45) is 1.39. The Morgan fingerprint density at radius 3 is 2.41 bits per heavy atom. The van der Waals surface area contributed by atoms with E-state index in [0.29, 0.717) is 11.6 Å². The molecule has 0 radical (unpaired) electrons. The molecule has 1 N–H and O–H groups in total. The Labute approximate surface area is 202 Å². The molecule has 0 saturated carbocycles. The smallest absolute Gasteiger partial charge is 0.359 e. The van der Waals surface area contributed by atoms with Crippen molar-refractivity contribution in [3.8, 4) is 0 Å². The SMILES string of the molecule is COC(=O)c1ncn2c1C(=O)N(Cc1ccc(Cl)cc1)[C@](C)(C(=O)NCc1ccc(C)cc1)C2. The van der Waals surface area contributed by atoms with Crippen LogP contribution in [0.3, 0.4) is 0 Å². The maximum Gasteiger partial charge on any atom is 0.359 e. The van der Waals surface area contributed by atoms with Gasteiger partial charge in [0.25, 0.3) is 5.91 Å². The summed E-state index contributed by atoms with van der Waals surface area (Å²) in [6, 6.07) is 14.9. The van der Waals surface area contributed by atoms with E-state index in [1.165, 1.54) is 18.3 Å². The molecule has 0 aliphatic carbocycles. The number of imidazole rings is 1. The number of carbonyl (C=O) groups is 3. The monoisotopic (exact) mass is 480 g/mol. The molecule has 34 heavy (non-hydrogen) atoms. The maximum atomic E-state index is 13.7. The molecule has 1 aromatic heterocycles. The van der Waals surface area contributed by atoms with E-state index < -0.39 is 17.4 Å². The van der Waals surface area contributed by atoms with Gasteiger partial charge in [0, 0.05) is 18.1 Å². The van der Waals surface area contributed by atoms with Gasteiger partial charge in [-0.2, -0.15) is 0 Å². The molecule has 0 unspecified atom stereocenters. The molecule has 1 aliphatic rings. The number of hydrogen-bond donors (Lipinski definition) is 1. The number of nitrogens with zero attached hydrogens (tertiary/aromatic N) is 3. The Bertz CT molecular complexity index is 1240. The predicted molar refractivity (Wildman–Crippen MR) is 126 cm³/mol. The first-order valence-electron chi connectivity index (χ1n) is 10.8. The van der Waals surface area contributed by atoms with E-state index in [4.69, 9.17) is 16.3 Å². The Hall–Kier alpha value is -3.65. The second kappa shape index (κ2) is 9.30. The third-order valence-electron chi connectivity index (χ3n) is 6.05. The Morgan fingerprint density at radius 2 is 1.76 bits per heavy atom. The number of esters is 1. The van der Waals surface area contributed by atoms with Gasteiger partial charge >= 0.3 is 5.97 Å². The zero-order chi connectivity index (χ0) is 24.5. The van der Waals surface area contributed by atoms with Crippen molar-refractivity contribution in [2.45, 2.75) is 39.0 Å². The Balaban J connectivity index is 1.68. The van der Waals surface area contributed by atoms with Crippen LogP contribution in [-0.4, -0.2) is 44.9 Å². The highest BCUT2D eigenvalue weighted by Crippen LogP contribution is 2.31. The van der Waals surface area contributed by atoms with Crippen LogP contribution in [0.4, 0.5) is 0 Å². The molecule has 0 saturated heterocycles. The summed E-state index contributed by atoms with van der Waals surface area (Å²) < 4.78 is 6.33. The van der Waals surface area contributed by atoms with Crippen LogP contribution in [0.15, 0.2) is 54.9 Å². The fourth-order valence-electron chi connectivity index (χ4n) is 4.03. The van der Waals surface area contributed by atoms with E-state index >= 15 is 0 Å². The number of nitrogens with one attached hydrogen (secondary N) is 1. The molecule has 2 heterocycles. The van der Waals surface area contributed by atoms with Crippen LogP contribution in [0.2, 0.25) is 5.02 Å². The van der Waals surface area contributed by atoms with Gasteiger partial charge in [0.2, 0.25) is 5.91 Å². The number of aromatic nitrogens is 2. The fourth-order valence-corrected chi connectivity index (χ4v) is 4.16. The van der Waals surface area contributed by atoms with Gasteiger partial charge in [-0.3, -0.25) is 9.59 Å². The number of halogens is 1. The minimum Gasteiger partial charge on any atom is -0.464 e. The van der Waals surface area contributed by atoms with Gasteiger partial charge in [-0.1, -0.05) is 53.6 Å². The molecule has 8 nitrogen and oxygen atoms in total. The van der Waals surface area contributed by atoms with Crippen LogP contribution in [0.1, 0.15) is 44.6 Å². The minimum atomic E-state index is -1.23. The van der Waals surface area contributed by atoms with Crippen LogP contribution in [0, 0.1) is 6.92 Å². The van der Waals surface area contributed by atoms with Crippen molar-refractivity contribution in [1.29, 1.82) is 0 Å². The molecular formula is C25H25ClN4O4.